The third-order valence-corrected chi connectivity index (χ3v) is 5.16. The number of nitrogens with one attached hydrogen (secondary N) is 1. The number of piperidine rings is 1. The highest BCUT2D eigenvalue weighted by atomic mass is 16.2. The lowest BCUT2D eigenvalue weighted by Gasteiger charge is -2.32. The molecule has 2 aliphatic rings. The molecule has 0 radical (unpaired) electrons. The Morgan fingerprint density at radius 2 is 2.12 bits per heavy atom. The molecule has 24 heavy (non-hydrogen) atoms. The van der Waals surface area contributed by atoms with Gasteiger partial charge in [0.25, 0.3) is 5.91 Å². The molecule has 2 fully saturated rings. The molecule has 4 rings (SSSR count). The predicted octanol–water partition coefficient (Wildman–Crippen LogP) is 3.08. The van der Waals surface area contributed by atoms with E-state index in [2.05, 4.69) is 33.6 Å². The van der Waals surface area contributed by atoms with Crippen LogP contribution in [0.15, 0.2) is 18.5 Å². The molecule has 1 amide bonds. The zero-order valence-corrected chi connectivity index (χ0v) is 14.4. The molecule has 1 aliphatic heterocycles. The maximum absolute atomic E-state index is 12.8. The van der Waals surface area contributed by atoms with Gasteiger partial charge in [-0.05, 0) is 45.6 Å². The van der Waals surface area contributed by atoms with E-state index in [1.165, 1.54) is 12.8 Å². The summed E-state index contributed by atoms with van der Waals surface area (Å²) in [5.74, 6) is 2.04. The molecule has 1 aliphatic carbocycles. The van der Waals surface area contributed by atoms with Crippen LogP contribution in [0.1, 0.15) is 79.4 Å². The molecule has 2 aromatic heterocycles. The molecule has 1 saturated carbocycles. The van der Waals surface area contributed by atoms with Gasteiger partial charge in [-0.1, -0.05) is 0 Å². The first-order chi connectivity index (χ1) is 11.6. The Balaban J connectivity index is 1.49. The Morgan fingerprint density at radius 3 is 2.88 bits per heavy atom. The van der Waals surface area contributed by atoms with E-state index >= 15 is 0 Å². The summed E-state index contributed by atoms with van der Waals surface area (Å²) in [7, 11) is 0. The Morgan fingerprint density at radius 1 is 1.29 bits per heavy atom. The maximum atomic E-state index is 12.8. The maximum Gasteiger partial charge on any atom is 0.274 e. The number of rotatable bonds is 4. The van der Waals surface area contributed by atoms with E-state index in [-0.39, 0.29) is 5.91 Å². The molecule has 1 atom stereocenters. The molecule has 1 saturated heterocycles. The number of H-pyrrole nitrogens is 1. The highest BCUT2D eigenvalue weighted by Gasteiger charge is 2.31. The highest BCUT2D eigenvalue weighted by molar-refractivity contribution is 5.92. The van der Waals surface area contributed by atoms with Crippen LogP contribution in [-0.2, 0) is 0 Å². The molecular weight excluding hydrogens is 302 g/mol. The molecule has 3 heterocycles. The first-order valence-corrected chi connectivity index (χ1v) is 9.00. The van der Waals surface area contributed by atoms with Crippen LogP contribution < -0.4 is 0 Å². The second-order valence-electron chi connectivity index (χ2n) is 7.36. The number of imidazole rings is 1. The molecule has 6 nitrogen and oxygen atoms in total. The number of carbonyl (C=O) groups excluding carboxylic acids is 1. The quantitative estimate of drug-likeness (QED) is 0.938. The van der Waals surface area contributed by atoms with Crippen LogP contribution in [0, 0.1) is 0 Å². The van der Waals surface area contributed by atoms with Gasteiger partial charge in [0.15, 0.2) is 0 Å². The van der Waals surface area contributed by atoms with Gasteiger partial charge in [0.2, 0.25) is 0 Å². The number of hydrogen-bond acceptors (Lipinski definition) is 3. The van der Waals surface area contributed by atoms with Gasteiger partial charge in [-0.2, -0.15) is 5.10 Å². The SMILES string of the molecule is CC(C)n1ccnc1C1CCCN(C(=O)c2cc(C3CC3)[nH]n2)C1. The van der Waals surface area contributed by atoms with Crippen molar-refractivity contribution in [2.24, 2.45) is 0 Å². The van der Waals surface area contributed by atoms with Gasteiger partial charge in [0.05, 0.1) is 0 Å². The highest BCUT2D eigenvalue weighted by Crippen LogP contribution is 2.39. The Hall–Kier alpha value is -2.11. The summed E-state index contributed by atoms with van der Waals surface area (Å²) in [5, 5.41) is 7.29. The number of hydrogen-bond donors (Lipinski definition) is 1. The van der Waals surface area contributed by atoms with Crippen LogP contribution in [0.4, 0.5) is 0 Å². The summed E-state index contributed by atoms with van der Waals surface area (Å²) in [5.41, 5.74) is 1.67. The van der Waals surface area contributed by atoms with Crippen LogP contribution in [0.25, 0.3) is 0 Å². The smallest absolute Gasteiger partial charge is 0.274 e. The molecule has 0 aromatic carbocycles. The Labute approximate surface area is 142 Å². The molecule has 6 heteroatoms. The van der Waals surface area contributed by atoms with Crippen molar-refractivity contribution in [3.05, 3.63) is 35.7 Å². The van der Waals surface area contributed by atoms with E-state index in [0.29, 0.717) is 23.6 Å². The number of amides is 1. The van der Waals surface area contributed by atoms with Crippen molar-refractivity contribution in [2.75, 3.05) is 13.1 Å². The minimum absolute atomic E-state index is 0.0468. The van der Waals surface area contributed by atoms with E-state index in [4.69, 9.17) is 0 Å². The minimum Gasteiger partial charge on any atom is -0.337 e. The van der Waals surface area contributed by atoms with E-state index in [9.17, 15) is 4.79 Å². The number of carbonyl (C=O) groups is 1. The van der Waals surface area contributed by atoms with Gasteiger partial charge in [0.1, 0.15) is 11.5 Å². The number of likely N-dealkylation sites (tertiary alicyclic amines) is 1. The largest absolute Gasteiger partial charge is 0.337 e. The topological polar surface area (TPSA) is 66.8 Å². The van der Waals surface area contributed by atoms with Gasteiger partial charge in [-0.15, -0.1) is 0 Å². The van der Waals surface area contributed by atoms with Crippen molar-refractivity contribution in [1.29, 1.82) is 0 Å². The summed E-state index contributed by atoms with van der Waals surface area (Å²) < 4.78 is 2.22. The van der Waals surface area contributed by atoms with Crippen LogP contribution in [0.5, 0.6) is 0 Å². The molecule has 0 bridgehead atoms. The first-order valence-electron chi connectivity index (χ1n) is 9.00. The van der Waals surface area contributed by atoms with Crippen LogP contribution in [-0.4, -0.2) is 43.6 Å². The number of nitrogens with zero attached hydrogens (tertiary/aromatic N) is 4. The summed E-state index contributed by atoms with van der Waals surface area (Å²) in [6.07, 6.45) is 8.42. The fourth-order valence-electron chi connectivity index (χ4n) is 3.66. The molecule has 1 unspecified atom stereocenters. The van der Waals surface area contributed by atoms with Gasteiger partial charge in [0, 0.05) is 49.1 Å². The standard InChI is InChI=1S/C18H25N5O/c1-12(2)23-9-7-19-17(23)14-4-3-8-22(11-14)18(24)16-10-15(20-21-16)13-5-6-13/h7,9-10,12-14H,3-6,8,11H2,1-2H3,(H,20,21). The lowest BCUT2D eigenvalue weighted by molar-refractivity contribution is 0.0697. The summed E-state index contributed by atoms with van der Waals surface area (Å²) >= 11 is 0. The van der Waals surface area contributed by atoms with Crippen LogP contribution >= 0.6 is 0 Å². The minimum atomic E-state index is 0.0468. The van der Waals surface area contributed by atoms with Gasteiger partial charge < -0.3 is 9.47 Å². The Kier molecular flexibility index (Phi) is 3.90. The first kappa shape index (κ1) is 15.4. The van der Waals surface area contributed by atoms with E-state index in [1.54, 1.807) is 0 Å². The molecule has 0 spiro atoms. The van der Waals surface area contributed by atoms with Crippen LogP contribution in [0.3, 0.4) is 0 Å². The van der Waals surface area contributed by atoms with Gasteiger partial charge in [-0.3, -0.25) is 9.89 Å². The normalized spacial score (nSPS) is 21.5. The van der Waals surface area contributed by atoms with Crippen LogP contribution in [0.2, 0.25) is 0 Å². The summed E-state index contributed by atoms with van der Waals surface area (Å²) in [6.45, 7) is 5.87. The average Bonchev–Trinajstić information content (AvgIpc) is 3.13. The second-order valence-corrected chi connectivity index (χ2v) is 7.36. The second kappa shape index (κ2) is 6.07. The Bertz CT molecular complexity index is 727. The van der Waals surface area contributed by atoms with E-state index in [1.807, 2.05) is 23.4 Å². The third-order valence-electron chi connectivity index (χ3n) is 5.16. The average molecular weight is 327 g/mol. The summed E-state index contributed by atoms with van der Waals surface area (Å²) in [4.78, 5) is 19.3. The van der Waals surface area contributed by atoms with Crippen molar-refractivity contribution in [1.82, 2.24) is 24.6 Å². The summed E-state index contributed by atoms with van der Waals surface area (Å²) in [6, 6.07) is 2.33. The zero-order valence-electron chi connectivity index (χ0n) is 14.4. The molecule has 2 aromatic rings. The third kappa shape index (κ3) is 2.85. The zero-order chi connectivity index (χ0) is 16.7. The van der Waals surface area contributed by atoms with E-state index in [0.717, 1.165) is 37.4 Å². The van der Waals surface area contributed by atoms with Gasteiger partial charge in [-0.25, -0.2) is 4.98 Å². The van der Waals surface area contributed by atoms with Crippen molar-refractivity contribution in [3.63, 3.8) is 0 Å². The lowest BCUT2D eigenvalue weighted by atomic mass is 9.96. The molecular formula is C18H25N5O. The molecule has 1 N–H and O–H groups in total. The van der Waals surface area contributed by atoms with Crippen molar-refractivity contribution < 1.29 is 4.79 Å². The number of aromatic amines is 1. The predicted molar refractivity (Wildman–Crippen MR) is 91.1 cm³/mol. The van der Waals surface area contributed by atoms with Crippen molar-refractivity contribution >= 4 is 5.91 Å². The fraction of sp³-hybridized carbons (Fsp3) is 0.611. The van der Waals surface area contributed by atoms with Crippen molar-refractivity contribution in [3.8, 4) is 0 Å². The number of aromatic nitrogens is 4. The van der Waals surface area contributed by atoms with Crippen molar-refractivity contribution in [2.45, 2.75) is 57.4 Å². The van der Waals surface area contributed by atoms with Gasteiger partial charge >= 0.3 is 0 Å². The van der Waals surface area contributed by atoms with E-state index < -0.39 is 0 Å². The molecule has 128 valence electrons. The lowest BCUT2D eigenvalue weighted by Crippen LogP contribution is -2.40. The monoisotopic (exact) mass is 327 g/mol. The fourth-order valence-corrected chi connectivity index (χ4v) is 3.66.